The molecule has 0 aliphatic heterocycles. The maximum atomic E-state index is 12.7. The van der Waals surface area contributed by atoms with Gasteiger partial charge in [0.15, 0.2) is 17.2 Å². The molecule has 0 aliphatic rings. The first-order chi connectivity index (χ1) is 15.0. The Balaban J connectivity index is 1.82. The van der Waals surface area contributed by atoms with E-state index in [9.17, 15) is 4.79 Å². The molecule has 3 rings (SSSR count). The van der Waals surface area contributed by atoms with Gasteiger partial charge < -0.3 is 15.2 Å². The number of carbonyl (C=O) groups excluding carboxylic acids is 1. The van der Waals surface area contributed by atoms with Crippen molar-refractivity contribution >= 4 is 17.4 Å². The number of hydrogen-bond acceptors (Lipinski definition) is 10. The molecule has 31 heavy (non-hydrogen) atoms. The lowest BCUT2D eigenvalue weighted by Crippen LogP contribution is -2.21. The van der Waals surface area contributed by atoms with E-state index in [0.717, 1.165) is 12.0 Å². The summed E-state index contributed by atoms with van der Waals surface area (Å²) in [6.45, 7) is 6.15. The number of nitrogens with two attached hydrogens (primary N) is 1. The fourth-order valence-corrected chi connectivity index (χ4v) is 2.87. The third kappa shape index (κ3) is 4.63. The zero-order valence-corrected chi connectivity index (χ0v) is 17.7. The van der Waals surface area contributed by atoms with Crippen molar-refractivity contribution in [1.29, 1.82) is 0 Å². The van der Waals surface area contributed by atoms with Crippen molar-refractivity contribution in [3.05, 3.63) is 35.2 Å². The van der Waals surface area contributed by atoms with Gasteiger partial charge in [-0.15, -0.1) is 5.10 Å². The zero-order chi connectivity index (χ0) is 22.4. The molecule has 0 aliphatic carbocycles. The molecule has 3 N–H and O–H groups in total. The van der Waals surface area contributed by atoms with Crippen LogP contribution in [-0.2, 0) is 6.42 Å². The van der Waals surface area contributed by atoms with Crippen LogP contribution in [0.2, 0.25) is 0 Å². The van der Waals surface area contributed by atoms with Crippen LogP contribution in [0.4, 0.5) is 5.82 Å². The highest BCUT2D eigenvalue weighted by atomic mass is 16.6. The van der Waals surface area contributed by atoms with Gasteiger partial charge in [0.25, 0.3) is 5.91 Å². The summed E-state index contributed by atoms with van der Waals surface area (Å²) in [5.41, 5.74) is 10.2. The SMILES string of the molecule is CCCc1c(C(=O)NN=C(C)c2ccc(OCC)c(OC)c2)nnn1-c1nonc1N. The van der Waals surface area contributed by atoms with E-state index in [4.69, 9.17) is 15.2 Å². The number of hydrogen-bond donors (Lipinski definition) is 2. The second kappa shape index (κ2) is 9.69. The molecule has 2 aromatic heterocycles. The molecule has 0 saturated carbocycles. The summed E-state index contributed by atoms with van der Waals surface area (Å²) in [5.74, 6) is 0.922. The van der Waals surface area contributed by atoms with Gasteiger partial charge in [-0.25, -0.2) is 10.1 Å². The minimum Gasteiger partial charge on any atom is -0.493 e. The Morgan fingerprint density at radius 1 is 1.29 bits per heavy atom. The molecule has 0 saturated heterocycles. The second-order valence-electron chi connectivity index (χ2n) is 6.46. The molecule has 0 unspecified atom stereocenters. The summed E-state index contributed by atoms with van der Waals surface area (Å²) >= 11 is 0. The van der Waals surface area contributed by atoms with Crippen LogP contribution in [0.3, 0.4) is 0 Å². The van der Waals surface area contributed by atoms with Gasteiger partial charge >= 0.3 is 0 Å². The molecular weight excluding hydrogens is 404 g/mol. The first-order valence-electron chi connectivity index (χ1n) is 9.68. The molecule has 2 heterocycles. The van der Waals surface area contributed by atoms with Gasteiger partial charge in [0.1, 0.15) is 0 Å². The zero-order valence-electron chi connectivity index (χ0n) is 17.7. The summed E-state index contributed by atoms with van der Waals surface area (Å²) in [5, 5.41) is 19.4. The van der Waals surface area contributed by atoms with Crippen molar-refractivity contribution in [2.45, 2.75) is 33.6 Å². The monoisotopic (exact) mass is 428 g/mol. The predicted octanol–water partition coefficient (Wildman–Crippen LogP) is 1.75. The number of hydrazone groups is 1. The van der Waals surface area contributed by atoms with Crippen molar-refractivity contribution in [2.75, 3.05) is 19.5 Å². The number of methoxy groups -OCH3 is 1. The topological polar surface area (TPSA) is 156 Å². The van der Waals surface area contributed by atoms with Crippen molar-refractivity contribution < 1.29 is 18.9 Å². The van der Waals surface area contributed by atoms with E-state index < -0.39 is 5.91 Å². The average Bonchev–Trinajstić information content (AvgIpc) is 3.38. The first-order valence-corrected chi connectivity index (χ1v) is 9.68. The minimum atomic E-state index is -0.512. The van der Waals surface area contributed by atoms with Crippen LogP contribution >= 0.6 is 0 Å². The van der Waals surface area contributed by atoms with Gasteiger partial charge in [0, 0.05) is 5.56 Å². The van der Waals surface area contributed by atoms with Gasteiger partial charge in [-0.3, -0.25) is 4.79 Å². The Kier molecular flexibility index (Phi) is 6.80. The van der Waals surface area contributed by atoms with E-state index in [2.05, 4.69) is 35.8 Å². The summed E-state index contributed by atoms with van der Waals surface area (Å²) in [7, 11) is 1.56. The van der Waals surface area contributed by atoms with Crippen molar-refractivity contribution in [3.8, 4) is 17.3 Å². The standard InChI is InChI=1S/C19H24N8O4/c1-5-7-13-16(22-26-27(13)18-17(20)24-31-25-18)19(28)23-21-11(3)12-8-9-14(30-6-2)15(10-12)29-4/h8-10H,5-7H2,1-4H3,(H2,20,24)(H,23,28). The number of nitrogens with one attached hydrogen (secondary N) is 1. The molecule has 12 heteroatoms. The highest BCUT2D eigenvalue weighted by molar-refractivity contribution is 6.01. The Morgan fingerprint density at radius 2 is 2.10 bits per heavy atom. The van der Waals surface area contributed by atoms with E-state index in [0.29, 0.717) is 35.9 Å². The van der Waals surface area contributed by atoms with Crippen molar-refractivity contribution in [1.82, 2.24) is 30.7 Å². The van der Waals surface area contributed by atoms with Gasteiger partial charge in [-0.2, -0.15) is 9.78 Å². The van der Waals surface area contributed by atoms with Crippen LogP contribution in [-0.4, -0.2) is 50.6 Å². The molecule has 1 aromatic carbocycles. The molecule has 3 aromatic rings. The highest BCUT2D eigenvalue weighted by Gasteiger charge is 2.23. The third-order valence-corrected chi connectivity index (χ3v) is 4.37. The van der Waals surface area contributed by atoms with Crippen molar-refractivity contribution in [3.63, 3.8) is 0 Å². The molecule has 1 amide bonds. The molecule has 0 atom stereocenters. The molecule has 164 valence electrons. The molecule has 0 fully saturated rings. The molecule has 12 nitrogen and oxygen atoms in total. The summed E-state index contributed by atoms with van der Waals surface area (Å²) < 4.78 is 16.8. The minimum absolute atomic E-state index is 0.0486. The van der Waals surface area contributed by atoms with E-state index in [1.165, 1.54) is 4.68 Å². The predicted molar refractivity (Wildman–Crippen MR) is 111 cm³/mol. The fourth-order valence-electron chi connectivity index (χ4n) is 2.87. The number of nitrogens with zero attached hydrogens (tertiary/aromatic N) is 6. The Labute approximate surface area is 178 Å². The largest absolute Gasteiger partial charge is 0.493 e. The van der Waals surface area contributed by atoms with E-state index >= 15 is 0 Å². The van der Waals surface area contributed by atoms with Crippen LogP contribution in [0.5, 0.6) is 11.5 Å². The average molecular weight is 428 g/mol. The number of aromatic nitrogens is 5. The number of benzene rings is 1. The quantitative estimate of drug-likeness (QED) is 0.383. The number of amides is 1. The Bertz CT molecular complexity index is 1090. The molecule has 0 spiro atoms. The summed E-state index contributed by atoms with van der Waals surface area (Å²) in [6.07, 6.45) is 1.26. The fraction of sp³-hybridized carbons (Fsp3) is 0.368. The van der Waals surface area contributed by atoms with Gasteiger partial charge in [0.05, 0.1) is 25.1 Å². The summed E-state index contributed by atoms with van der Waals surface area (Å²) in [4.78, 5) is 12.7. The van der Waals surface area contributed by atoms with E-state index in [-0.39, 0.29) is 17.3 Å². The van der Waals surface area contributed by atoms with Crippen LogP contribution < -0.4 is 20.6 Å². The maximum Gasteiger partial charge on any atom is 0.293 e. The third-order valence-electron chi connectivity index (χ3n) is 4.37. The second-order valence-corrected chi connectivity index (χ2v) is 6.46. The van der Waals surface area contributed by atoms with Crippen LogP contribution in [0.25, 0.3) is 5.82 Å². The molecule has 0 radical (unpaired) electrons. The van der Waals surface area contributed by atoms with Crippen LogP contribution in [0.15, 0.2) is 27.9 Å². The van der Waals surface area contributed by atoms with Crippen LogP contribution in [0.1, 0.15) is 48.9 Å². The molecule has 0 bridgehead atoms. The number of nitrogen functional groups attached to an aromatic ring is 1. The van der Waals surface area contributed by atoms with E-state index in [1.54, 1.807) is 26.2 Å². The van der Waals surface area contributed by atoms with Crippen molar-refractivity contribution in [2.24, 2.45) is 5.10 Å². The lowest BCUT2D eigenvalue weighted by molar-refractivity contribution is 0.0948. The normalized spacial score (nSPS) is 11.4. The van der Waals surface area contributed by atoms with Gasteiger partial charge in [-0.1, -0.05) is 18.6 Å². The maximum absolute atomic E-state index is 12.7. The Hall–Kier alpha value is -3.96. The van der Waals surface area contributed by atoms with E-state index in [1.807, 2.05) is 19.9 Å². The number of ether oxygens (including phenoxy) is 2. The number of carbonyl (C=O) groups is 1. The first kappa shape index (κ1) is 21.7. The van der Waals surface area contributed by atoms with Crippen LogP contribution in [0, 0.1) is 0 Å². The van der Waals surface area contributed by atoms with Gasteiger partial charge in [-0.05, 0) is 48.8 Å². The highest BCUT2D eigenvalue weighted by Crippen LogP contribution is 2.28. The lowest BCUT2D eigenvalue weighted by Gasteiger charge is -2.11. The number of anilines is 1. The lowest BCUT2D eigenvalue weighted by atomic mass is 10.1. The smallest absolute Gasteiger partial charge is 0.293 e. The molecular formula is C19H24N8O4. The number of rotatable bonds is 9. The summed E-state index contributed by atoms with van der Waals surface area (Å²) in [6, 6.07) is 5.41. The Morgan fingerprint density at radius 3 is 2.74 bits per heavy atom. The van der Waals surface area contributed by atoms with Gasteiger partial charge in [0.2, 0.25) is 11.6 Å².